The highest BCUT2D eigenvalue weighted by atomic mass is 16.3. The molecular weight excluding hydrogens is 228 g/mol. The second-order valence-corrected chi connectivity index (χ2v) is 4.34. The lowest BCUT2D eigenvalue weighted by atomic mass is 10.2. The van der Waals surface area contributed by atoms with Crippen LogP contribution in [0.1, 0.15) is 21.9 Å². The number of carbonyl (C=O) groups is 1. The summed E-state index contributed by atoms with van der Waals surface area (Å²) >= 11 is 0. The monoisotopic (exact) mass is 240 g/mol. The van der Waals surface area contributed by atoms with Crippen molar-refractivity contribution in [3.8, 4) is 0 Å². The Hall–Kier alpha value is -2.36. The summed E-state index contributed by atoms with van der Waals surface area (Å²) < 4.78 is 7.24. The third kappa shape index (κ3) is 1.62. The third-order valence-electron chi connectivity index (χ3n) is 2.92. The minimum Gasteiger partial charge on any atom is -0.452 e. The van der Waals surface area contributed by atoms with E-state index >= 15 is 0 Å². The van der Waals surface area contributed by atoms with Crippen LogP contribution in [0.5, 0.6) is 0 Å². The lowest BCUT2D eigenvalue weighted by Gasteiger charge is -1.96. The number of aryl methyl sites for hydroxylation is 2. The Labute approximate surface area is 104 Å². The molecule has 0 bridgehead atoms. The summed E-state index contributed by atoms with van der Waals surface area (Å²) in [6.45, 7) is 2.01. The van der Waals surface area contributed by atoms with Gasteiger partial charge in [0, 0.05) is 24.8 Å². The number of hydrogen-bond acceptors (Lipinski definition) is 3. The van der Waals surface area contributed by atoms with Crippen molar-refractivity contribution in [1.82, 2.24) is 9.55 Å². The number of nitrogens with zero attached hydrogens (tertiary/aromatic N) is 2. The van der Waals surface area contributed by atoms with Crippen molar-refractivity contribution in [1.29, 1.82) is 0 Å². The molecule has 2 heterocycles. The first-order valence-corrected chi connectivity index (χ1v) is 5.67. The molecule has 0 N–H and O–H groups in total. The predicted octanol–water partition coefficient (Wildman–Crippen LogP) is 2.71. The van der Waals surface area contributed by atoms with E-state index in [0.29, 0.717) is 11.6 Å². The number of ketones is 1. The molecule has 0 amide bonds. The highest BCUT2D eigenvalue weighted by Crippen LogP contribution is 2.22. The number of imidazole rings is 1. The van der Waals surface area contributed by atoms with E-state index in [1.807, 2.05) is 25.1 Å². The first kappa shape index (κ1) is 10.8. The Morgan fingerprint density at radius 1 is 1.33 bits per heavy atom. The molecule has 0 spiro atoms. The Bertz CT molecular complexity index is 737. The fourth-order valence-electron chi connectivity index (χ4n) is 1.97. The van der Waals surface area contributed by atoms with Crippen molar-refractivity contribution in [2.24, 2.45) is 7.05 Å². The fraction of sp³-hybridized carbons (Fsp3) is 0.143. The summed E-state index contributed by atoms with van der Waals surface area (Å²) in [4.78, 5) is 16.2. The van der Waals surface area contributed by atoms with E-state index in [1.165, 1.54) is 0 Å². The van der Waals surface area contributed by atoms with E-state index in [9.17, 15) is 4.79 Å². The molecule has 0 saturated heterocycles. The number of carbonyl (C=O) groups excluding carboxylic acids is 1. The van der Waals surface area contributed by atoms with Crippen LogP contribution in [-0.2, 0) is 7.05 Å². The van der Waals surface area contributed by atoms with Crippen molar-refractivity contribution in [2.75, 3.05) is 0 Å². The van der Waals surface area contributed by atoms with E-state index in [2.05, 4.69) is 4.98 Å². The van der Waals surface area contributed by atoms with Crippen LogP contribution in [0.3, 0.4) is 0 Å². The maximum atomic E-state index is 12.2. The number of fused-ring (bicyclic) bond motifs is 1. The maximum absolute atomic E-state index is 12.2. The van der Waals surface area contributed by atoms with Gasteiger partial charge in [0.25, 0.3) is 5.78 Å². The van der Waals surface area contributed by atoms with Crippen LogP contribution >= 0.6 is 0 Å². The Kier molecular flexibility index (Phi) is 2.30. The Morgan fingerprint density at radius 2 is 2.17 bits per heavy atom. The molecule has 18 heavy (non-hydrogen) atoms. The molecule has 4 nitrogen and oxygen atoms in total. The van der Waals surface area contributed by atoms with Crippen molar-refractivity contribution in [3.63, 3.8) is 0 Å². The summed E-state index contributed by atoms with van der Waals surface area (Å²) in [7, 11) is 1.78. The van der Waals surface area contributed by atoms with Gasteiger partial charge in [0.05, 0.1) is 0 Å². The molecule has 1 aromatic carbocycles. The van der Waals surface area contributed by atoms with Crippen LogP contribution < -0.4 is 0 Å². The number of furan rings is 1. The van der Waals surface area contributed by atoms with E-state index < -0.39 is 0 Å². The molecule has 0 unspecified atom stereocenters. The second kappa shape index (κ2) is 3.84. The minimum atomic E-state index is -0.198. The van der Waals surface area contributed by atoms with E-state index in [4.69, 9.17) is 4.42 Å². The molecule has 0 saturated carbocycles. The zero-order chi connectivity index (χ0) is 12.7. The van der Waals surface area contributed by atoms with Crippen molar-refractivity contribution in [3.05, 3.63) is 53.8 Å². The molecule has 0 aliphatic rings. The maximum Gasteiger partial charge on any atom is 0.263 e. The van der Waals surface area contributed by atoms with Gasteiger partial charge >= 0.3 is 0 Å². The first-order valence-electron chi connectivity index (χ1n) is 5.67. The van der Waals surface area contributed by atoms with Gasteiger partial charge in [-0.05, 0) is 25.1 Å². The molecule has 0 aliphatic carbocycles. The lowest BCUT2D eigenvalue weighted by molar-refractivity contribution is 0.0998. The zero-order valence-electron chi connectivity index (χ0n) is 10.2. The molecule has 3 rings (SSSR count). The van der Waals surface area contributed by atoms with Gasteiger partial charge in [-0.15, -0.1) is 0 Å². The van der Waals surface area contributed by atoms with Gasteiger partial charge < -0.3 is 8.98 Å². The molecule has 0 radical (unpaired) electrons. The number of hydrogen-bond donors (Lipinski definition) is 0. The molecule has 3 aromatic rings. The number of rotatable bonds is 2. The first-order chi connectivity index (χ1) is 8.65. The van der Waals surface area contributed by atoms with Gasteiger partial charge in [0.2, 0.25) is 0 Å². The normalized spacial score (nSPS) is 11.0. The van der Waals surface area contributed by atoms with E-state index in [-0.39, 0.29) is 5.78 Å². The predicted molar refractivity (Wildman–Crippen MR) is 67.6 cm³/mol. The van der Waals surface area contributed by atoms with Crippen molar-refractivity contribution < 1.29 is 9.21 Å². The molecule has 4 heteroatoms. The topological polar surface area (TPSA) is 48.0 Å². The molecule has 0 atom stereocenters. The zero-order valence-corrected chi connectivity index (χ0v) is 10.2. The SMILES string of the molecule is Cc1ccc2oc(C(=O)c3nccn3C)cc2c1. The van der Waals surface area contributed by atoms with Crippen molar-refractivity contribution >= 4 is 16.8 Å². The largest absolute Gasteiger partial charge is 0.452 e. The molecular formula is C14H12N2O2. The molecule has 2 aromatic heterocycles. The van der Waals surface area contributed by atoms with Gasteiger partial charge in [0.1, 0.15) is 5.58 Å². The van der Waals surface area contributed by atoms with Gasteiger partial charge in [-0.3, -0.25) is 4.79 Å². The average molecular weight is 240 g/mol. The lowest BCUT2D eigenvalue weighted by Crippen LogP contribution is -2.07. The minimum absolute atomic E-state index is 0.198. The van der Waals surface area contributed by atoms with E-state index in [0.717, 1.165) is 16.5 Å². The van der Waals surface area contributed by atoms with Gasteiger partial charge in [-0.25, -0.2) is 4.98 Å². The van der Waals surface area contributed by atoms with Gasteiger partial charge in [-0.2, -0.15) is 0 Å². The van der Waals surface area contributed by atoms with Crippen LogP contribution in [-0.4, -0.2) is 15.3 Å². The van der Waals surface area contributed by atoms with Crippen molar-refractivity contribution in [2.45, 2.75) is 6.92 Å². The average Bonchev–Trinajstić information content (AvgIpc) is 2.93. The fourth-order valence-corrected chi connectivity index (χ4v) is 1.97. The van der Waals surface area contributed by atoms with Gasteiger partial charge in [-0.1, -0.05) is 11.6 Å². The summed E-state index contributed by atoms with van der Waals surface area (Å²) in [5, 5.41) is 0.938. The summed E-state index contributed by atoms with van der Waals surface area (Å²) in [5.41, 5.74) is 1.86. The number of aromatic nitrogens is 2. The van der Waals surface area contributed by atoms with E-state index in [1.54, 1.807) is 30.1 Å². The van der Waals surface area contributed by atoms with Crippen LogP contribution in [0.2, 0.25) is 0 Å². The highest BCUT2D eigenvalue weighted by molar-refractivity contribution is 6.06. The Morgan fingerprint density at radius 3 is 2.89 bits per heavy atom. The van der Waals surface area contributed by atoms with Gasteiger partial charge in [0.15, 0.2) is 11.6 Å². The van der Waals surface area contributed by atoms with Crippen LogP contribution in [0.4, 0.5) is 0 Å². The summed E-state index contributed by atoms with van der Waals surface area (Å²) in [6, 6.07) is 7.59. The van der Waals surface area contributed by atoms with Crippen LogP contribution in [0.15, 0.2) is 41.1 Å². The number of benzene rings is 1. The smallest absolute Gasteiger partial charge is 0.263 e. The van der Waals surface area contributed by atoms with Crippen LogP contribution in [0, 0.1) is 6.92 Å². The second-order valence-electron chi connectivity index (χ2n) is 4.34. The highest BCUT2D eigenvalue weighted by Gasteiger charge is 2.18. The summed E-state index contributed by atoms with van der Waals surface area (Å²) in [6.07, 6.45) is 3.33. The summed E-state index contributed by atoms with van der Waals surface area (Å²) in [5.74, 6) is 0.507. The quantitative estimate of drug-likeness (QED) is 0.647. The van der Waals surface area contributed by atoms with Crippen LogP contribution in [0.25, 0.3) is 11.0 Å². The molecule has 90 valence electrons. The third-order valence-corrected chi connectivity index (χ3v) is 2.92. The standard InChI is InChI=1S/C14H12N2O2/c1-9-3-4-11-10(7-9)8-12(18-11)13(17)14-15-5-6-16(14)2/h3-8H,1-2H3. The Balaban J connectivity index is 2.10. The molecule has 0 aliphatic heterocycles. The molecule has 0 fully saturated rings.